The van der Waals surface area contributed by atoms with Crippen molar-refractivity contribution in [3.05, 3.63) is 33.8 Å². The number of aromatic hydroxyl groups is 2. The molecule has 2 aromatic rings. The number of fused-ring (bicyclic) bond motifs is 1. The third-order valence-electron chi connectivity index (χ3n) is 8.58. The van der Waals surface area contributed by atoms with Crippen LogP contribution in [0.1, 0.15) is 36.8 Å². The van der Waals surface area contributed by atoms with E-state index in [4.69, 9.17) is 22.2 Å². The van der Waals surface area contributed by atoms with Crippen LogP contribution in [0.5, 0.6) is 11.5 Å². The van der Waals surface area contributed by atoms with Gasteiger partial charge in [-0.1, -0.05) is 28.5 Å². The van der Waals surface area contributed by atoms with E-state index in [0.29, 0.717) is 0 Å². The normalized spacial score (nSPS) is 21.9. The van der Waals surface area contributed by atoms with Crippen molar-refractivity contribution in [3.63, 3.8) is 0 Å². The number of benzene rings is 1. The summed E-state index contributed by atoms with van der Waals surface area (Å²) in [6.07, 6.45) is 2.12. The number of phenols is 2. The molecule has 3 fully saturated rings. The average molecular weight is 867 g/mol. The SMILES string of the molecule is CC1CN([C@]2(C(=O)O)CN3C(=O)C(NC(=O)/C(=N\OC(C)(C)C(=O)O)c4csc(N)n4)[C@H]3S2)C(=O)N1/N=C/C=N/NC(=O)NCCNC(=O)c1ccc(O)c(O)c1Cl. The first-order valence-electron chi connectivity index (χ1n) is 16.7. The van der Waals surface area contributed by atoms with Crippen LogP contribution in [0.4, 0.5) is 14.7 Å². The van der Waals surface area contributed by atoms with Gasteiger partial charge >= 0.3 is 24.0 Å². The van der Waals surface area contributed by atoms with Gasteiger partial charge in [0.2, 0.25) is 16.4 Å². The number of nitrogens with two attached hydrogens (primary N) is 1. The van der Waals surface area contributed by atoms with Gasteiger partial charge in [0, 0.05) is 25.0 Å². The molecule has 3 aliphatic heterocycles. The number of nitrogen functional groups attached to an aromatic ring is 1. The van der Waals surface area contributed by atoms with Gasteiger partial charge in [0.25, 0.3) is 11.8 Å². The van der Waals surface area contributed by atoms with Gasteiger partial charge in [-0.15, -0.1) is 11.3 Å². The first-order chi connectivity index (χ1) is 27.3. The number of nitrogens with one attached hydrogen (secondary N) is 4. The number of hydrogen-bond donors (Lipinski definition) is 9. The second-order valence-electron chi connectivity index (χ2n) is 13.0. The van der Waals surface area contributed by atoms with Crippen molar-refractivity contribution < 1.29 is 58.8 Å². The largest absolute Gasteiger partial charge is 0.504 e. The molecule has 1 aromatic heterocycles. The first-order valence-corrected chi connectivity index (χ1v) is 18.8. The molecule has 5 rings (SSSR count). The highest BCUT2D eigenvalue weighted by Crippen LogP contribution is 2.50. The van der Waals surface area contributed by atoms with E-state index in [2.05, 4.69) is 41.7 Å². The van der Waals surface area contributed by atoms with Crippen LogP contribution < -0.4 is 27.1 Å². The van der Waals surface area contributed by atoms with Crippen molar-refractivity contribution in [2.24, 2.45) is 15.4 Å². The maximum absolute atomic E-state index is 13.6. The zero-order valence-corrected chi connectivity index (χ0v) is 32.8. The maximum atomic E-state index is 13.6. The number of aliphatic carboxylic acids is 2. The molecule has 0 aliphatic carbocycles. The van der Waals surface area contributed by atoms with E-state index in [1.54, 1.807) is 6.92 Å². The smallest absolute Gasteiger partial charge is 0.350 e. The molecular formula is C31H35ClN12O12S2. The number of rotatable bonds is 15. The number of anilines is 1. The van der Waals surface area contributed by atoms with Crippen molar-refractivity contribution in [1.82, 2.24) is 41.2 Å². The number of nitrogens with zero attached hydrogens (tertiary/aromatic N) is 7. The van der Waals surface area contributed by atoms with Crippen molar-refractivity contribution in [2.45, 2.75) is 48.7 Å². The number of phenolic OH excluding ortho intramolecular Hbond substituents is 2. The fraction of sp³-hybridized carbons (Fsp3) is 0.387. The molecule has 0 radical (unpaired) electrons. The molecule has 24 nitrogen and oxygen atoms in total. The molecule has 27 heteroatoms. The lowest BCUT2D eigenvalue weighted by Gasteiger charge is -2.41. The molecule has 7 amide bonds. The summed E-state index contributed by atoms with van der Waals surface area (Å²) in [5, 5.41) is 58.9. The minimum atomic E-state index is -1.98. The van der Waals surface area contributed by atoms with Crippen LogP contribution >= 0.6 is 34.7 Å². The summed E-state index contributed by atoms with van der Waals surface area (Å²) in [5.74, 6) is -6.26. The molecule has 4 atom stereocenters. The van der Waals surface area contributed by atoms with Crippen molar-refractivity contribution in [2.75, 3.05) is 31.9 Å². The summed E-state index contributed by atoms with van der Waals surface area (Å²) in [6, 6.07) is -1.20. The first kappa shape index (κ1) is 42.7. The lowest BCUT2D eigenvalue weighted by atomic mass is 10.1. The van der Waals surface area contributed by atoms with Gasteiger partial charge in [0.05, 0.1) is 35.6 Å². The number of amides is 7. The van der Waals surface area contributed by atoms with E-state index >= 15 is 0 Å². The summed E-state index contributed by atoms with van der Waals surface area (Å²) >= 11 is 7.59. The van der Waals surface area contributed by atoms with Crippen LogP contribution in [-0.2, 0) is 24.0 Å². The Bertz CT molecular complexity index is 2130. The quantitative estimate of drug-likeness (QED) is 0.0354. The number of hydrazone groups is 2. The van der Waals surface area contributed by atoms with Crippen LogP contribution in [-0.4, -0.2) is 154 Å². The zero-order chi connectivity index (χ0) is 42.7. The topological polar surface area (TPSA) is 343 Å². The van der Waals surface area contributed by atoms with E-state index in [-0.39, 0.29) is 41.0 Å². The third-order valence-corrected chi connectivity index (χ3v) is 11.3. The summed E-state index contributed by atoms with van der Waals surface area (Å²) in [6.45, 7) is 3.38. The van der Waals surface area contributed by atoms with Gasteiger partial charge in [0.15, 0.2) is 22.3 Å². The highest BCUT2D eigenvalue weighted by Gasteiger charge is 2.67. The van der Waals surface area contributed by atoms with Gasteiger partial charge in [-0.05, 0) is 32.9 Å². The number of carbonyl (C=O) groups excluding carboxylic acids is 5. The Kier molecular flexibility index (Phi) is 12.5. The molecule has 310 valence electrons. The van der Waals surface area contributed by atoms with Crippen LogP contribution in [0.3, 0.4) is 0 Å². The number of aromatic nitrogens is 1. The van der Waals surface area contributed by atoms with Crippen LogP contribution in [0.25, 0.3) is 0 Å². The van der Waals surface area contributed by atoms with Crippen LogP contribution in [0, 0.1) is 0 Å². The number of carbonyl (C=O) groups is 7. The van der Waals surface area contributed by atoms with Gasteiger partial charge in [-0.3, -0.25) is 19.3 Å². The number of carboxylic acids is 2. The van der Waals surface area contributed by atoms with E-state index in [1.807, 2.05) is 0 Å². The monoisotopic (exact) mass is 866 g/mol. The number of carboxylic acid groups (broad SMARTS) is 2. The average Bonchev–Trinajstić information content (AvgIpc) is 3.85. The number of oxime groups is 1. The van der Waals surface area contributed by atoms with E-state index in [0.717, 1.165) is 51.5 Å². The molecule has 1 aromatic carbocycles. The number of β-lactam (4-membered cyclic amide) rings is 1. The Morgan fingerprint density at radius 2 is 1.84 bits per heavy atom. The van der Waals surface area contributed by atoms with Crippen molar-refractivity contribution >= 4 is 99.7 Å². The Balaban J connectivity index is 1.15. The molecule has 4 heterocycles. The third kappa shape index (κ3) is 8.61. The van der Waals surface area contributed by atoms with E-state index < -0.39 is 93.4 Å². The van der Waals surface area contributed by atoms with E-state index in [1.165, 1.54) is 30.2 Å². The number of thiazole rings is 1. The standard InChI is InChI=1S/C31H35ClN12O12S2/c1-13-10-43(29(55)44(13)37-9-8-36-40-28(54)35-7-6-34-21(47)14-4-5-16(45)20(46)17(14)32)31(26(52)53)12-42-23(49)19(24(42)58-31)39-22(48)18(15-11-57-27(33)38-15)41-56-30(2,3)25(50)51/h4-5,8-9,11,13,19,24,45-46H,6-7,10,12H2,1-3H3,(H2,33,38)(H,34,47)(H,39,48)(H,50,51)(H,52,53)(H2,35,40,54)/b36-8+,37-9+,41-18-/t13?,19?,24-,31-/m1/s1. The molecule has 3 aliphatic rings. The molecule has 0 spiro atoms. The maximum Gasteiger partial charge on any atom is 0.350 e. The summed E-state index contributed by atoms with van der Waals surface area (Å²) < 4.78 is 0. The van der Waals surface area contributed by atoms with Crippen LogP contribution in [0.15, 0.2) is 32.9 Å². The second-order valence-corrected chi connectivity index (χ2v) is 15.6. The molecule has 58 heavy (non-hydrogen) atoms. The Morgan fingerprint density at radius 3 is 2.50 bits per heavy atom. The van der Waals surface area contributed by atoms with Gasteiger partial charge in [0.1, 0.15) is 17.1 Å². The number of hydrogen-bond acceptors (Lipinski definition) is 17. The summed E-state index contributed by atoms with van der Waals surface area (Å²) in [4.78, 5) is 98.2. The minimum absolute atomic E-state index is 0.0396. The molecule has 2 unspecified atom stereocenters. The molecule has 10 N–H and O–H groups in total. The number of thioether (sulfide) groups is 1. The Hall–Kier alpha value is -6.41. The summed E-state index contributed by atoms with van der Waals surface area (Å²) in [7, 11) is 0. The molecule has 3 saturated heterocycles. The minimum Gasteiger partial charge on any atom is -0.504 e. The predicted octanol–water partition coefficient (Wildman–Crippen LogP) is -0.618. The van der Waals surface area contributed by atoms with Gasteiger partial charge < -0.3 is 51.8 Å². The highest BCUT2D eigenvalue weighted by atomic mass is 35.5. The predicted molar refractivity (Wildman–Crippen MR) is 205 cm³/mol. The lowest BCUT2D eigenvalue weighted by Crippen LogP contribution is -2.68. The van der Waals surface area contributed by atoms with E-state index in [9.17, 15) is 54.0 Å². The number of urea groups is 2. The van der Waals surface area contributed by atoms with Crippen LogP contribution in [0.2, 0.25) is 5.02 Å². The summed E-state index contributed by atoms with van der Waals surface area (Å²) in [5.41, 5.74) is 5.36. The van der Waals surface area contributed by atoms with Crippen molar-refractivity contribution in [1.29, 1.82) is 0 Å². The fourth-order valence-corrected chi connectivity index (χ4v) is 7.87. The lowest BCUT2D eigenvalue weighted by molar-refractivity contribution is -0.161. The Labute approximate surface area is 340 Å². The van der Waals surface area contributed by atoms with Gasteiger partial charge in [-0.25, -0.2) is 34.6 Å². The second kappa shape index (κ2) is 17.0. The zero-order valence-electron chi connectivity index (χ0n) is 30.4. The van der Waals surface area contributed by atoms with Crippen molar-refractivity contribution in [3.8, 4) is 11.5 Å². The Morgan fingerprint density at radius 1 is 1.14 bits per heavy atom. The number of halogens is 1. The fourth-order valence-electron chi connectivity index (χ4n) is 5.46. The molecule has 0 saturated carbocycles. The molecule has 0 bridgehead atoms. The molecular weight excluding hydrogens is 832 g/mol. The highest BCUT2D eigenvalue weighted by molar-refractivity contribution is 8.02. The van der Waals surface area contributed by atoms with Gasteiger partial charge in [-0.2, -0.15) is 10.2 Å².